The van der Waals surface area contributed by atoms with Gasteiger partial charge in [0.25, 0.3) is 5.91 Å². The summed E-state index contributed by atoms with van der Waals surface area (Å²) in [6.07, 6.45) is 10.8. The predicted octanol–water partition coefficient (Wildman–Crippen LogP) is 3.91. The van der Waals surface area contributed by atoms with E-state index in [0.29, 0.717) is 55.0 Å². The van der Waals surface area contributed by atoms with Gasteiger partial charge in [-0.05, 0) is 82.8 Å². The summed E-state index contributed by atoms with van der Waals surface area (Å²) in [5.74, 6) is -2.33. The maximum absolute atomic E-state index is 14.8. The van der Waals surface area contributed by atoms with Gasteiger partial charge in [0.2, 0.25) is 27.7 Å². The summed E-state index contributed by atoms with van der Waals surface area (Å²) in [7, 11) is -3.91. The van der Waals surface area contributed by atoms with Crippen molar-refractivity contribution < 1.29 is 42.2 Å². The summed E-state index contributed by atoms with van der Waals surface area (Å²) in [5, 5.41) is 17.1. The van der Waals surface area contributed by atoms with Gasteiger partial charge in [0, 0.05) is 23.6 Å². The highest BCUT2D eigenvalue weighted by Gasteiger charge is 2.62. The van der Waals surface area contributed by atoms with Crippen molar-refractivity contribution in [2.45, 2.75) is 119 Å². The minimum absolute atomic E-state index is 0.000529. The maximum atomic E-state index is 14.8. The van der Waals surface area contributed by atoms with Gasteiger partial charge in [0.05, 0.1) is 22.9 Å². The highest BCUT2D eigenvalue weighted by atomic mass is 32.2. The first kappa shape index (κ1) is 37.3. The van der Waals surface area contributed by atoms with Crippen molar-refractivity contribution >= 4 is 44.7 Å². The molecule has 14 nitrogen and oxygen atoms in total. The van der Waals surface area contributed by atoms with Gasteiger partial charge in [0.15, 0.2) is 0 Å². The van der Waals surface area contributed by atoms with E-state index in [-0.39, 0.29) is 42.9 Å². The van der Waals surface area contributed by atoms with E-state index in [4.69, 9.17) is 14.5 Å². The van der Waals surface area contributed by atoms with Gasteiger partial charge < -0.3 is 30.1 Å². The van der Waals surface area contributed by atoms with Crippen LogP contribution in [0.15, 0.2) is 49.1 Å². The van der Waals surface area contributed by atoms with Crippen molar-refractivity contribution in [2.24, 2.45) is 17.8 Å². The minimum atomic E-state index is -3.91. The molecule has 4 saturated carbocycles. The Labute approximate surface area is 320 Å². The van der Waals surface area contributed by atoms with Crippen LogP contribution in [0, 0.1) is 17.8 Å². The Hall–Kier alpha value is -4.66. The van der Waals surface area contributed by atoms with Gasteiger partial charge in [-0.15, -0.1) is 6.58 Å². The van der Waals surface area contributed by atoms with Gasteiger partial charge in [-0.25, -0.2) is 18.2 Å². The zero-order chi connectivity index (χ0) is 38.7. The molecule has 2 bridgehead atoms. The molecule has 5 fully saturated rings. The van der Waals surface area contributed by atoms with Crippen molar-refractivity contribution in [1.29, 1.82) is 0 Å². The molecule has 4 aliphatic carbocycles. The summed E-state index contributed by atoms with van der Waals surface area (Å²) >= 11 is 0. The highest BCUT2D eigenvalue weighted by Crippen LogP contribution is 2.50. The average Bonchev–Trinajstić information content (AvgIpc) is 4.11. The number of nitrogens with zero attached hydrogens (tertiary/aromatic N) is 2. The second-order valence-electron chi connectivity index (χ2n) is 16.4. The zero-order valence-corrected chi connectivity index (χ0v) is 31.8. The fraction of sp³-hybridized carbons (Fsp3) is 0.575. The number of aromatic hydroxyl groups is 1. The lowest BCUT2D eigenvalue weighted by Gasteiger charge is -2.32. The molecule has 7 atom stereocenters. The topological polar surface area (TPSA) is 193 Å². The predicted molar refractivity (Wildman–Crippen MR) is 201 cm³/mol. The van der Waals surface area contributed by atoms with Crippen LogP contribution in [0.3, 0.4) is 0 Å². The third-order valence-corrected chi connectivity index (χ3v) is 14.4. The molecular formula is C40H49N5O9S. The molecule has 15 heteroatoms. The smallest absolute Gasteiger partial charge is 0.408 e. The van der Waals surface area contributed by atoms with Crippen LogP contribution < -0.4 is 20.1 Å². The third-order valence-electron chi connectivity index (χ3n) is 12.6. The summed E-state index contributed by atoms with van der Waals surface area (Å²) in [5.41, 5.74) is -1.24. The van der Waals surface area contributed by atoms with Crippen LogP contribution in [0.4, 0.5) is 4.79 Å². The van der Waals surface area contributed by atoms with Crippen LogP contribution in [0.2, 0.25) is 0 Å². The van der Waals surface area contributed by atoms with Crippen LogP contribution in [-0.4, -0.2) is 88.3 Å². The highest BCUT2D eigenvalue weighted by molar-refractivity contribution is 7.91. The molecule has 1 saturated heterocycles. The number of nitrogens with one attached hydrogen (secondary N) is 3. The fourth-order valence-electron chi connectivity index (χ4n) is 8.84. The van der Waals surface area contributed by atoms with Crippen molar-refractivity contribution in [3.8, 4) is 11.6 Å². The molecule has 4 amide bonds. The van der Waals surface area contributed by atoms with E-state index in [1.54, 1.807) is 12.1 Å². The molecular weight excluding hydrogens is 727 g/mol. The van der Waals surface area contributed by atoms with Gasteiger partial charge in [-0.1, -0.05) is 43.2 Å². The van der Waals surface area contributed by atoms with E-state index < -0.39 is 74.3 Å². The molecule has 5 unspecified atom stereocenters. The number of amides is 4. The summed E-state index contributed by atoms with van der Waals surface area (Å²) < 4.78 is 40.2. The number of hydrogen-bond acceptors (Lipinski definition) is 10. The molecule has 3 heterocycles. The first-order valence-corrected chi connectivity index (χ1v) is 21.1. The minimum Gasteiger partial charge on any atom is -0.507 e. The van der Waals surface area contributed by atoms with Gasteiger partial charge in [-0.3, -0.25) is 19.1 Å². The van der Waals surface area contributed by atoms with Crippen molar-refractivity contribution in [1.82, 2.24) is 25.2 Å². The Morgan fingerprint density at radius 1 is 1.09 bits per heavy atom. The number of fused-ring (bicyclic) bond motifs is 5. The molecule has 0 radical (unpaired) electrons. The van der Waals surface area contributed by atoms with Crippen molar-refractivity contribution in [3.05, 3.63) is 54.6 Å². The average molecular weight is 776 g/mol. The number of para-hydroxylation sites is 1. The van der Waals surface area contributed by atoms with E-state index in [1.807, 2.05) is 31.2 Å². The number of benzene rings is 1. The number of sulfonamides is 1. The van der Waals surface area contributed by atoms with Crippen molar-refractivity contribution in [2.75, 3.05) is 6.54 Å². The quantitative estimate of drug-likeness (QED) is 0.300. The molecule has 55 heavy (non-hydrogen) atoms. The van der Waals surface area contributed by atoms with Gasteiger partial charge in [0.1, 0.15) is 35.1 Å². The monoisotopic (exact) mass is 775 g/mol. The Balaban J connectivity index is 1.14. The van der Waals surface area contributed by atoms with E-state index in [1.165, 1.54) is 11.0 Å². The van der Waals surface area contributed by atoms with Crippen LogP contribution in [-0.2, 0) is 35.6 Å². The third kappa shape index (κ3) is 7.27. The molecule has 1 aromatic heterocycles. The van der Waals surface area contributed by atoms with E-state index in [2.05, 4.69) is 21.9 Å². The number of allylic oxidation sites excluding steroid dienone is 2. The van der Waals surface area contributed by atoms with Crippen LogP contribution >= 0.6 is 0 Å². The number of ether oxygens (including phenoxy) is 2. The van der Waals surface area contributed by atoms with E-state index >= 15 is 0 Å². The number of carbonyl (C=O) groups is 4. The molecule has 0 spiro atoms. The zero-order valence-electron chi connectivity index (χ0n) is 31.0. The number of hydrogen-bond donors (Lipinski definition) is 4. The number of alkyl carbamates (subject to hydrolysis) is 1. The second kappa shape index (κ2) is 14.1. The number of pyridine rings is 1. The lowest BCUT2D eigenvalue weighted by atomic mass is 9.96. The standard InChI is InChI=1S/C40H49N5O9S/c1-3-24-21-40(24,37(49)44-55(51,52)27-17-18-27)43-34(47)31-19-26-22-45(31)36(48)32(23-11-7-8-12-23)42-38(50)54-39(2)20-25(39)13-5-4-6-15-29-33(46)28-14-9-10-16-30(28)41-35(29)53-26/h3-4,6,9-10,14,16,23-27,31-32H,1,5,7-8,11-13,15,17-22H2,2H3,(H,41,46)(H,42,50)(H,43,47)(H,44,49)/t24-,25?,26?,31?,32?,39?,40-/m1/s1. The lowest BCUT2D eigenvalue weighted by Crippen LogP contribution is -2.59. The molecule has 6 aliphatic rings. The Kier molecular flexibility index (Phi) is 9.57. The second-order valence-corrected chi connectivity index (χ2v) is 18.4. The summed E-state index contributed by atoms with van der Waals surface area (Å²) in [4.78, 5) is 62.4. The Bertz CT molecular complexity index is 2060. The van der Waals surface area contributed by atoms with Gasteiger partial charge >= 0.3 is 6.09 Å². The molecule has 1 aromatic carbocycles. The lowest BCUT2D eigenvalue weighted by molar-refractivity contribution is -0.142. The van der Waals surface area contributed by atoms with E-state index in [9.17, 15) is 32.7 Å². The van der Waals surface area contributed by atoms with Crippen molar-refractivity contribution in [3.63, 3.8) is 0 Å². The Morgan fingerprint density at radius 2 is 1.85 bits per heavy atom. The Morgan fingerprint density at radius 3 is 2.58 bits per heavy atom. The molecule has 4 N–H and O–H groups in total. The first-order chi connectivity index (χ1) is 26.3. The summed E-state index contributed by atoms with van der Waals surface area (Å²) in [6.45, 7) is 5.64. The molecule has 2 aromatic rings. The SMILES string of the molecule is C=C[C@@H]1C[C@]1(NC(=O)C1CC2CN1C(=O)C(C1CCCC1)NC(=O)OC1(C)CC1CCC=CCc1c(nc3ccccc3c1O)O2)C(=O)NS(=O)(=O)C1CC1. The van der Waals surface area contributed by atoms with Gasteiger partial charge in [-0.2, -0.15) is 0 Å². The first-order valence-electron chi connectivity index (χ1n) is 19.5. The number of carbonyl (C=O) groups excluding carboxylic acids is 4. The maximum Gasteiger partial charge on any atom is 0.408 e. The number of rotatable bonds is 7. The largest absolute Gasteiger partial charge is 0.507 e. The normalized spacial score (nSPS) is 32.5. The van der Waals surface area contributed by atoms with Crippen LogP contribution in [0.25, 0.3) is 10.9 Å². The van der Waals surface area contributed by atoms with E-state index in [0.717, 1.165) is 25.7 Å². The number of aromatic nitrogens is 1. The molecule has 8 rings (SSSR count). The summed E-state index contributed by atoms with van der Waals surface area (Å²) in [6, 6.07) is 5.04. The van der Waals surface area contributed by atoms with Crippen LogP contribution in [0.5, 0.6) is 11.6 Å². The fourth-order valence-corrected chi connectivity index (χ4v) is 10.2. The molecule has 294 valence electrons. The molecule has 2 aliphatic heterocycles. The van der Waals surface area contributed by atoms with Crippen LogP contribution in [0.1, 0.15) is 83.1 Å².